The predicted octanol–water partition coefficient (Wildman–Crippen LogP) is 3.82. The second kappa shape index (κ2) is 5.48. The van der Waals surface area contributed by atoms with Crippen LogP contribution in [0.2, 0.25) is 0 Å². The zero-order valence-electron chi connectivity index (χ0n) is 12.5. The van der Waals surface area contributed by atoms with E-state index in [-0.39, 0.29) is 0 Å². The number of benzene rings is 2. The van der Waals surface area contributed by atoms with Crippen LogP contribution in [0, 0.1) is 0 Å². The van der Waals surface area contributed by atoms with Gasteiger partial charge in [0.2, 0.25) is 5.71 Å². The summed E-state index contributed by atoms with van der Waals surface area (Å²) < 4.78 is 2.63. The summed E-state index contributed by atoms with van der Waals surface area (Å²) in [7, 11) is 0. The van der Waals surface area contributed by atoms with Gasteiger partial charge in [0.25, 0.3) is 0 Å². The second-order valence-electron chi connectivity index (χ2n) is 6.21. The maximum atomic E-state index is 2.63. The van der Waals surface area contributed by atoms with Crippen molar-refractivity contribution in [3.05, 3.63) is 70.8 Å². The van der Waals surface area contributed by atoms with Gasteiger partial charge in [-0.05, 0) is 42.5 Å². The van der Waals surface area contributed by atoms with Crippen molar-refractivity contribution in [3.8, 4) is 0 Å². The van der Waals surface area contributed by atoms with Crippen molar-refractivity contribution >= 4 is 5.71 Å². The molecule has 1 nitrogen and oxygen atoms in total. The quantitative estimate of drug-likeness (QED) is 0.644. The average Bonchev–Trinajstić information content (AvgIpc) is 2.72. The van der Waals surface area contributed by atoms with Gasteiger partial charge in [-0.25, -0.2) is 4.58 Å². The molecule has 2 aliphatic rings. The van der Waals surface area contributed by atoms with Crippen LogP contribution in [-0.2, 0) is 12.8 Å². The molecule has 2 aromatic carbocycles. The number of hydrogen-bond donors (Lipinski definition) is 0. The molecule has 1 aliphatic carbocycles. The molecule has 1 aliphatic heterocycles. The van der Waals surface area contributed by atoms with Crippen molar-refractivity contribution in [3.63, 3.8) is 0 Å². The summed E-state index contributed by atoms with van der Waals surface area (Å²) in [5.41, 5.74) is 7.43. The molecule has 1 fully saturated rings. The molecule has 1 heterocycles. The van der Waals surface area contributed by atoms with Crippen LogP contribution in [0.1, 0.15) is 41.5 Å². The molecule has 0 bridgehead atoms. The summed E-state index contributed by atoms with van der Waals surface area (Å²) in [6.07, 6.45) is 6.35. The number of nitrogens with zero attached hydrogens (tertiary/aromatic N) is 1. The van der Waals surface area contributed by atoms with Crippen LogP contribution in [0.25, 0.3) is 0 Å². The second-order valence-corrected chi connectivity index (χ2v) is 6.21. The lowest BCUT2D eigenvalue weighted by molar-refractivity contribution is -0.536. The van der Waals surface area contributed by atoms with Crippen LogP contribution >= 0.6 is 0 Å². The van der Waals surface area contributed by atoms with Crippen molar-refractivity contribution in [1.82, 2.24) is 0 Å². The van der Waals surface area contributed by atoms with E-state index in [1.807, 2.05) is 0 Å². The van der Waals surface area contributed by atoms with Crippen molar-refractivity contribution in [1.29, 1.82) is 0 Å². The van der Waals surface area contributed by atoms with E-state index in [0.29, 0.717) is 0 Å². The minimum Gasteiger partial charge on any atom is -0.229 e. The summed E-state index contributed by atoms with van der Waals surface area (Å²) in [4.78, 5) is 0. The number of piperidine rings is 1. The molecule has 0 saturated carbocycles. The SMILES string of the molecule is c1ccc2c(c1)CCc1ccccc1C2=[N+]1CCCCC1. The lowest BCUT2D eigenvalue weighted by atomic mass is 9.96. The Kier molecular flexibility index (Phi) is 3.34. The lowest BCUT2D eigenvalue weighted by Gasteiger charge is -2.16. The van der Waals surface area contributed by atoms with Gasteiger partial charge in [0, 0.05) is 24.0 Å². The predicted molar refractivity (Wildman–Crippen MR) is 87.3 cm³/mol. The average molecular weight is 276 g/mol. The molecule has 1 heteroatoms. The molecule has 21 heavy (non-hydrogen) atoms. The highest BCUT2D eigenvalue weighted by Crippen LogP contribution is 2.25. The fourth-order valence-electron chi connectivity index (χ4n) is 3.81. The first kappa shape index (κ1) is 12.8. The first-order valence-corrected chi connectivity index (χ1v) is 8.22. The molecule has 0 amide bonds. The number of fused-ring (bicyclic) bond motifs is 2. The number of rotatable bonds is 0. The van der Waals surface area contributed by atoms with Crippen molar-refractivity contribution in [2.45, 2.75) is 32.1 Å². The summed E-state index contributed by atoms with van der Waals surface area (Å²) in [5, 5.41) is 0. The highest BCUT2D eigenvalue weighted by molar-refractivity contribution is 6.12. The van der Waals surface area contributed by atoms with Crippen molar-refractivity contribution < 1.29 is 4.58 Å². The topological polar surface area (TPSA) is 3.01 Å². The van der Waals surface area contributed by atoms with Gasteiger partial charge in [0.1, 0.15) is 13.1 Å². The third-order valence-electron chi connectivity index (χ3n) is 4.88. The standard InChI is InChI=1S/C20H22N/c1-6-14-21(15-7-1)20-18-10-4-2-8-16(18)12-13-17-9-3-5-11-19(17)20/h2-5,8-11H,1,6-7,12-15H2/q+1. The van der Waals surface area contributed by atoms with Gasteiger partial charge in [-0.1, -0.05) is 36.4 Å². The molecule has 2 aromatic rings. The van der Waals surface area contributed by atoms with Gasteiger partial charge in [0.15, 0.2) is 0 Å². The Morgan fingerprint density at radius 1 is 0.619 bits per heavy atom. The Morgan fingerprint density at radius 2 is 1.14 bits per heavy atom. The van der Waals surface area contributed by atoms with E-state index in [2.05, 4.69) is 53.1 Å². The first-order chi connectivity index (χ1) is 10.4. The fraction of sp³-hybridized carbons (Fsp3) is 0.350. The van der Waals surface area contributed by atoms with E-state index in [1.165, 1.54) is 60.3 Å². The van der Waals surface area contributed by atoms with Gasteiger partial charge in [-0.2, -0.15) is 0 Å². The molecule has 0 unspecified atom stereocenters. The van der Waals surface area contributed by atoms with Gasteiger partial charge >= 0.3 is 0 Å². The Morgan fingerprint density at radius 3 is 1.71 bits per heavy atom. The molecule has 0 spiro atoms. The monoisotopic (exact) mass is 276 g/mol. The zero-order valence-corrected chi connectivity index (χ0v) is 12.5. The van der Waals surface area contributed by atoms with Crippen LogP contribution in [0.4, 0.5) is 0 Å². The minimum absolute atomic E-state index is 1.16. The lowest BCUT2D eigenvalue weighted by Crippen LogP contribution is -2.29. The first-order valence-electron chi connectivity index (χ1n) is 8.22. The van der Waals surface area contributed by atoms with Crippen LogP contribution in [0.5, 0.6) is 0 Å². The summed E-state index contributed by atoms with van der Waals surface area (Å²) in [6.45, 7) is 2.41. The van der Waals surface area contributed by atoms with E-state index < -0.39 is 0 Å². The third kappa shape index (κ3) is 2.31. The maximum absolute atomic E-state index is 2.63. The Bertz CT molecular complexity index is 639. The van der Waals surface area contributed by atoms with E-state index in [9.17, 15) is 0 Å². The largest absolute Gasteiger partial charge is 0.229 e. The molecule has 0 N–H and O–H groups in total. The normalized spacial score (nSPS) is 17.9. The minimum atomic E-state index is 1.16. The zero-order chi connectivity index (χ0) is 14.1. The Balaban J connectivity index is 1.98. The van der Waals surface area contributed by atoms with Gasteiger partial charge in [-0.15, -0.1) is 0 Å². The molecule has 0 atom stereocenters. The third-order valence-corrected chi connectivity index (χ3v) is 4.88. The Labute approximate surface area is 127 Å². The van der Waals surface area contributed by atoms with Gasteiger partial charge in [-0.3, -0.25) is 0 Å². The molecule has 4 rings (SSSR count). The molecular formula is C20H22N+. The van der Waals surface area contributed by atoms with E-state index >= 15 is 0 Å². The highest BCUT2D eigenvalue weighted by atomic mass is 15.0. The highest BCUT2D eigenvalue weighted by Gasteiger charge is 2.27. The summed E-state index contributed by atoms with van der Waals surface area (Å²) >= 11 is 0. The molecular weight excluding hydrogens is 254 g/mol. The summed E-state index contributed by atoms with van der Waals surface area (Å²) in [5.74, 6) is 0. The molecule has 0 aromatic heterocycles. The van der Waals surface area contributed by atoms with E-state index in [1.54, 1.807) is 0 Å². The van der Waals surface area contributed by atoms with E-state index in [0.717, 1.165) is 12.8 Å². The van der Waals surface area contributed by atoms with Crippen LogP contribution < -0.4 is 0 Å². The van der Waals surface area contributed by atoms with Crippen LogP contribution in [0.15, 0.2) is 48.5 Å². The van der Waals surface area contributed by atoms with Gasteiger partial charge < -0.3 is 0 Å². The number of aryl methyl sites for hydroxylation is 2. The fourth-order valence-corrected chi connectivity index (χ4v) is 3.81. The maximum Gasteiger partial charge on any atom is 0.215 e. The smallest absolute Gasteiger partial charge is 0.215 e. The number of hydrogen-bond acceptors (Lipinski definition) is 0. The summed E-state index contributed by atoms with van der Waals surface area (Å²) in [6, 6.07) is 18.0. The van der Waals surface area contributed by atoms with Crippen LogP contribution in [0.3, 0.4) is 0 Å². The molecule has 106 valence electrons. The van der Waals surface area contributed by atoms with Crippen molar-refractivity contribution in [2.24, 2.45) is 0 Å². The molecule has 1 saturated heterocycles. The van der Waals surface area contributed by atoms with Crippen molar-refractivity contribution in [2.75, 3.05) is 13.1 Å². The van der Waals surface area contributed by atoms with Gasteiger partial charge in [0.05, 0.1) is 0 Å². The van der Waals surface area contributed by atoms with Crippen LogP contribution in [-0.4, -0.2) is 23.4 Å². The molecule has 0 radical (unpaired) electrons. The van der Waals surface area contributed by atoms with E-state index in [4.69, 9.17) is 0 Å². The Hall–Kier alpha value is -1.89.